The van der Waals surface area contributed by atoms with Gasteiger partial charge in [0.1, 0.15) is 0 Å². The molecule has 0 aliphatic carbocycles. The van der Waals surface area contributed by atoms with Crippen LogP contribution in [0.1, 0.15) is 18.4 Å². The highest BCUT2D eigenvalue weighted by atomic mass is 35.5. The third-order valence-electron chi connectivity index (χ3n) is 7.33. The molecule has 0 saturated carbocycles. The summed E-state index contributed by atoms with van der Waals surface area (Å²) in [5, 5.41) is 2.75. The van der Waals surface area contributed by atoms with E-state index >= 15 is 0 Å². The van der Waals surface area contributed by atoms with Gasteiger partial charge in [0.15, 0.2) is 0 Å². The van der Waals surface area contributed by atoms with Crippen molar-refractivity contribution in [3.8, 4) is 0 Å². The van der Waals surface area contributed by atoms with Crippen molar-refractivity contribution in [1.29, 1.82) is 0 Å². The van der Waals surface area contributed by atoms with Crippen LogP contribution < -0.4 is 4.90 Å². The molecule has 0 atom stereocenters. The number of unbranched alkanes of at least 4 members (excludes halogenated alkanes) is 1. The molecule has 3 aromatic carbocycles. The molecule has 4 aromatic rings. The summed E-state index contributed by atoms with van der Waals surface area (Å²) in [7, 11) is 4.16. The van der Waals surface area contributed by atoms with Crippen LogP contribution in [0.25, 0.3) is 27.9 Å². The minimum Gasteiger partial charge on any atom is -0.378 e. The summed E-state index contributed by atoms with van der Waals surface area (Å²) >= 11 is 0. The van der Waals surface area contributed by atoms with Gasteiger partial charge < -0.3 is 14.4 Å². The molecule has 190 valence electrons. The molecule has 1 fully saturated rings. The summed E-state index contributed by atoms with van der Waals surface area (Å²) in [5.41, 5.74) is 5.25. The summed E-state index contributed by atoms with van der Waals surface area (Å²) in [6.07, 6.45) is 7.04. The van der Waals surface area contributed by atoms with Crippen LogP contribution in [0.15, 0.2) is 78.9 Å². The molecular formula is C31H39ClN4. The van der Waals surface area contributed by atoms with E-state index in [1.54, 1.807) is 0 Å². The number of halogens is 1. The molecule has 0 bridgehead atoms. The number of hydrogen-bond acceptors (Lipinski definition) is 3. The van der Waals surface area contributed by atoms with Gasteiger partial charge in [0.25, 0.3) is 0 Å². The van der Waals surface area contributed by atoms with Gasteiger partial charge in [-0.2, -0.15) is 0 Å². The molecular weight excluding hydrogens is 464 g/mol. The van der Waals surface area contributed by atoms with Crippen LogP contribution in [-0.4, -0.2) is 67.7 Å². The minimum atomic E-state index is 0. The number of nitrogens with zero attached hydrogens (tertiary/aromatic N) is 4. The van der Waals surface area contributed by atoms with E-state index in [9.17, 15) is 0 Å². The predicted octanol–water partition coefficient (Wildman–Crippen LogP) is 6.39. The van der Waals surface area contributed by atoms with Crippen molar-refractivity contribution in [2.45, 2.75) is 19.4 Å². The normalized spacial score (nSPS) is 15.1. The van der Waals surface area contributed by atoms with E-state index in [1.807, 2.05) is 0 Å². The molecule has 1 aromatic heterocycles. The number of fused-ring (bicyclic) bond motifs is 3. The van der Waals surface area contributed by atoms with Crippen LogP contribution in [0.2, 0.25) is 0 Å². The first-order chi connectivity index (χ1) is 17.2. The third kappa shape index (κ3) is 6.12. The Labute approximate surface area is 222 Å². The van der Waals surface area contributed by atoms with Crippen LogP contribution in [0, 0.1) is 0 Å². The van der Waals surface area contributed by atoms with E-state index < -0.39 is 0 Å². The Balaban J connectivity index is 0.00000304. The fourth-order valence-corrected chi connectivity index (χ4v) is 5.27. The van der Waals surface area contributed by atoms with Gasteiger partial charge in [-0.25, -0.2) is 0 Å². The quantitative estimate of drug-likeness (QED) is 0.246. The highest BCUT2D eigenvalue weighted by Gasteiger charge is 2.15. The predicted molar refractivity (Wildman–Crippen MR) is 159 cm³/mol. The van der Waals surface area contributed by atoms with Crippen molar-refractivity contribution in [1.82, 2.24) is 14.4 Å². The maximum Gasteiger partial charge on any atom is 0.0491 e. The lowest BCUT2D eigenvalue weighted by atomic mass is 10.2. The Kier molecular flexibility index (Phi) is 9.08. The lowest BCUT2D eigenvalue weighted by Crippen LogP contribution is -2.46. The van der Waals surface area contributed by atoms with E-state index in [0.29, 0.717) is 0 Å². The first kappa shape index (κ1) is 26.3. The molecule has 1 saturated heterocycles. The van der Waals surface area contributed by atoms with Gasteiger partial charge >= 0.3 is 0 Å². The number of anilines is 1. The van der Waals surface area contributed by atoms with Gasteiger partial charge in [0, 0.05) is 80.9 Å². The smallest absolute Gasteiger partial charge is 0.0491 e. The molecule has 0 radical (unpaired) electrons. The highest BCUT2D eigenvalue weighted by molar-refractivity contribution is 6.07. The molecule has 1 aliphatic rings. The van der Waals surface area contributed by atoms with Crippen LogP contribution in [0.5, 0.6) is 0 Å². The van der Waals surface area contributed by atoms with Gasteiger partial charge in [-0.3, -0.25) is 4.90 Å². The van der Waals surface area contributed by atoms with Crippen LogP contribution in [0.4, 0.5) is 5.69 Å². The largest absolute Gasteiger partial charge is 0.378 e. The molecule has 1 aliphatic heterocycles. The lowest BCUT2D eigenvalue weighted by molar-refractivity contribution is 0.140. The summed E-state index contributed by atoms with van der Waals surface area (Å²) in [6, 6.07) is 26.4. The maximum absolute atomic E-state index is 2.64. The molecule has 5 rings (SSSR count). The molecule has 0 N–H and O–H groups in total. The Hall–Kier alpha value is -2.79. The van der Waals surface area contributed by atoms with Gasteiger partial charge in [0.05, 0.1) is 0 Å². The Morgan fingerprint density at radius 3 is 1.86 bits per heavy atom. The summed E-state index contributed by atoms with van der Waals surface area (Å²) in [5.74, 6) is 0. The summed E-state index contributed by atoms with van der Waals surface area (Å²) < 4.78 is 2.52. The Morgan fingerprint density at radius 1 is 0.694 bits per heavy atom. The van der Waals surface area contributed by atoms with Crippen LogP contribution >= 0.6 is 12.4 Å². The zero-order valence-corrected chi connectivity index (χ0v) is 22.5. The fraction of sp³-hybridized carbons (Fsp3) is 0.355. The topological polar surface area (TPSA) is 14.7 Å². The molecule has 2 heterocycles. The van der Waals surface area contributed by atoms with Crippen molar-refractivity contribution >= 4 is 46.0 Å². The second-order valence-electron chi connectivity index (χ2n) is 9.92. The summed E-state index contributed by atoms with van der Waals surface area (Å²) in [4.78, 5) is 7.35. The van der Waals surface area contributed by atoms with Gasteiger partial charge in [-0.1, -0.05) is 60.7 Å². The first-order valence-electron chi connectivity index (χ1n) is 13.0. The van der Waals surface area contributed by atoms with Gasteiger partial charge in [-0.05, 0) is 49.2 Å². The van der Waals surface area contributed by atoms with Gasteiger partial charge in [-0.15, -0.1) is 12.4 Å². The monoisotopic (exact) mass is 502 g/mol. The molecule has 0 spiro atoms. The third-order valence-corrected chi connectivity index (χ3v) is 7.33. The number of benzene rings is 3. The number of para-hydroxylation sites is 2. The van der Waals surface area contributed by atoms with Crippen molar-refractivity contribution in [2.75, 3.05) is 58.3 Å². The molecule has 0 amide bonds. The number of hydrogen-bond donors (Lipinski definition) is 0. The van der Waals surface area contributed by atoms with Crippen molar-refractivity contribution in [3.63, 3.8) is 0 Å². The van der Waals surface area contributed by atoms with E-state index in [0.717, 1.165) is 26.2 Å². The van der Waals surface area contributed by atoms with Gasteiger partial charge in [0.2, 0.25) is 0 Å². The fourth-order valence-electron chi connectivity index (χ4n) is 5.27. The molecule has 5 heteroatoms. The number of aryl methyl sites for hydroxylation is 1. The average molecular weight is 503 g/mol. The molecule has 36 heavy (non-hydrogen) atoms. The second-order valence-corrected chi connectivity index (χ2v) is 9.92. The first-order valence-corrected chi connectivity index (χ1v) is 13.0. The second kappa shape index (κ2) is 12.4. The highest BCUT2D eigenvalue weighted by Crippen LogP contribution is 2.29. The Bertz CT molecular complexity index is 1210. The molecule has 4 nitrogen and oxygen atoms in total. The minimum absolute atomic E-state index is 0. The standard InChI is InChI=1S/C31H38N4.ClH/c1-32(2)27-17-15-26(16-18-27)10-9-20-34-24-22-33(23-25-34)19-7-8-21-35-30-13-5-3-11-28(30)29-12-4-6-14-31(29)35;/h3-6,9-18H,7-8,19-25H2,1-2H3;1H/b10-9+;. The lowest BCUT2D eigenvalue weighted by Gasteiger charge is -2.34. The van der Waals surface area contributed by atoms with E-state index in [1.165, 1.54) is 65.5 Å². The number of aromatic nitrogens is 1. The molecule has 0 unspecified atom stereocenters. The van der Waals surface area contributed by atoms with E-state index in [2.05, 4.69) is 118 Å². The zero-order chi connectivity index (χ0) is 24.0. The zero-order valence-electron chi connectivity index (χ0n) is 21.6. The van der Waals surface area contributed by atoms with Crippen molar-refractivity contribution < 1.29 is 0 Å². The van der Waals surface area contributed by atoms with Crippen molar-refractivity contribution in [2.24, 2.45) is 0 Å². The SMILES string of the molecule is CN(C)c1ccc(/C=C/CN2CCN(CCCCn3c4ccccc4c4ccccc43)CC2)cc1.Cl. The average Bonchev–Trinajstić information content (AvgIpc) is 3.21. The maximum atomic E-state index is 2.64. The Morgan fingerprint density at radius 2 is 1.25 bits per heavy atom. The number of piperazine rings is 1. The van der Waals surface area contributed by atoms with E-state index in [4.69, 9.17) is 0 Å². The summed E-state index contributed by atoms with van der Waals surface area (Å²) in [6.45, 7) is 8.03. The van der Waals surface area contributed by atoms with E-state index in [-0.39, 0.29) is 12.4 Å². The number of rotatable bonds is 9. The van der Waals surface area contributed by atoms with Crippen molar-refractivity contribution in [3.05, 3.63) is 84.4 Å². The van der Waals surface area contributed by atoms with Crippen LogP contribution in [-0.2, 0) is 6.54 Å². The van der Waals surface area contributed by atoms with Crippen LogP contribution in [0.3, 0.4) is 0 Å².